The van der Waals surface area contributed by atoms with Gasteiger partial charge in [0.25, 0.3) is 0 Å². The van der Waals surface area contributed by atoms with Crippen LogP contribution in [0.15, 0.2) is 54.6 Å². The molecule has 1 saturated heterocycles. The highest BCUT2D eigenvalue weighted by molar-refractivity contribution is 5.77. The number of ether oxygens (including phenoxy) is 1. The van der Waals surface area contributed by atoms with E-state index < -0.39 is 0 Å². The van der Waals surface area contributed by atoms with Crippen molar-refractivity contribution in [2.24, 2.45) is 11.8 Å². The van der Waals surface area contributed by atoms with Crippen LogP contribution in [0.2, 0.25) is 0 Å². The van der Waals surface area contributed by atoms with Crippen LogP contribution < -0.4 is 0 Å². The molecule has 3 aliphatic rings. The fraction of sp³-hybridized carbons (Fsp3) is 0.435. The van der Waals surface area contributed by atoms with E-state index in [1.165, 1.54) is 29.5 Å². The molecule has 2 heteroatoms. The van der Waals surface area contributed by atoms with Crippen LogP contribution in [0.3, 0.4) is 0 Å². The zero-order valence-electron chi connectivity index (χ0n) is 14.5. The van der Waals surface area contributed by atoms with Crippen molar-refractivity contribution in [2.45, 2.75) is 50.0 Å². The summed E-state index contributed by atoms with van der Waals surface area (Å²) in [6, 6.07) is 19.5. The Kier molecular flexibility index (Phi) is 3.48. The number of hydrogen-bond donors (Lipinski definition) is 0. The zero-order chi connectivity index (χ0) is 16.9. The van der Waals surface area contributed by atoms with E-state index in [1.807, 2.05) is 0 Å². The molecule has 4 atom stereocenters. The minimum Gasteiger partial charge on any atom is -0.458 e. The second kappa shape index (κ2) is 5.72. The summed E-state index contributed by atoms with van der Waals surface area (Å²) in [6.45, 7) is 0. The third-order valence-corrected chi connectivity index (χ3v) is 6.78. The van der Waals surface area contributed by atoms with E-state index in [-0.39, 0.29) is 23.4 Å². The van der Waals surface area contributed by atoms with Crippen molar-refractivity contribution in [1.29, 1.82) is 0 Å². The van der Waals surface area contributed by atoms with E-state index in [9.17, 15) is 4.79 Å². The molecule has 0 N–H and O–H groups in total. The van der Waals surface area contributed by atoms with Crippen molar-refractivity contribution in [3.05, 3.63) is 71.3 Å². The first kappa shape index (κ1) is 15.2. The first-order valence-electron chi connectivity index (χ1n) is 9.62. The Morgan fingerprint density at radius 3 is 2.68 bits per heavy atom. The molecule has 5 rings (SSSR count). The number of carbonyl (C=O) groups is 1. The molecule has 0 aromatic heterocycles. The summed E-state index contributed by atoms with van der Waals surface area (Å²) in [6.07, 6.45) is 6.36. The first-order chi connectivity index (χ1) is 12.3. The number of esters is 1. The summed E-state index contributed by atoms with van der Waals surface area (Å²) in [7, 11) is 0. The van der Waals surface area contributed by atoms with Gasteiger partial charge in [-0.2, -0.15) is 0 Å². The number of benzene rings is 2. The molecule has 0 amide bonds. The Morgan fingerprint density at radius 1 is 1.00 bits per heavy atom. The molecule has 1 heterocycles. The minimum atomic E-state index is -0.289. The van der Waals surface area contributed by atoms with E-state index in [2.05, 4.69) is 54.6 Å². The zero-order valence-corrected chi connectivity index (χ0v) is 14.5. The van der Waals surface area contributed by atoms with Gasteiger partial charge in [-0.1, -0.05) is 61.0 Å². The number of fused-ring (bicyclic) bond motifs is 1. The van der Waals surface area contributed by atoms with Gasteiger partial charge in [-0.15, -0.1) is 0 Å². The molecule has 0 radical (unpaired) electrons. The van der Waals surface area contributed by atoms with Crippen LogP contribution >= 0.6 is 0 Å². The highest BCUT2D eigenvalue weighted by Gasteiger charge is 2.61. The van der Waals surface area contributed by atoms with E-state index in [4.69, 9.17) is 4.74 Å². The van der Waals surface area contributed by atoms with Crippen molar-refractivity contribution in [2.75, 3.05) is 0 Å². The summed E-state index contributed by atoms with van der Waals surface area (Å²) in [4.78, 5) is 12.8. The molecular formula is C23H24O2. The van der Waals surface area contributed by atoms with Gasteiger partial charge in [0.05, 0.1) is 5.92 Å². The Balaban J connectivity index is 1.67. The molecule has 1 aliphatic heterocycles. The van der Waals surface area contributed by atoms with Gasteiger partial charge in [-0.3, -0.25) is 4.79 Å². The second-order valence-corrected chi connectivity index (χ2v) is 7.98. The maximum absolute atomic E-state index is 12.8. The average Bonchev–Trinajstić information content (AvgIpc) is 2.87. The normalized spacial score (nSPS) is 33.1. The van der Waals surface area contributed by atoms with Crippen molar-refractivity contribution < 1.29 is 9.53 Å². The quantitative estimate of drug-likeness (QED) is 0.747. The first-order valence-corrected chi connectivity index (χ1v) is 9.62. The molecule has 0 spiro atoms. The summed E-state index contributed by atoms with van der Waals surface area (Å²) < 4.78 is 6.26. The van der Waals surface area contributed by atoms with Crippen LogP contribution in [0.5, 0.6) is 0 Å². The molecule has 0 unspecified atom stereocenters. The molecule has 2 bridgehead atoms. The van der Waals surface area contributed by atoms with Crippen LogP contribution in [0, 0.1) is 11.8 Å². The van der Waals surface area contributed by atoms with E-state index in [0.717, 1.165) is 25.7 Å². The van der Waals surface area contributed by atoms with Crippen LogP contribution in [0.4, 0.5) is 0 Å². The standard InChI is InChI=1S/C23H24O2/c24-22-19-15-17-10-4-5-11-18(17)21(14-16-8-2-1-3-9-16)23(25-22)13-7-6-12-20(19)23/h1-5,8-11,19-21H,6-7,12-15H2/t19-,20-,21-,23-/m1/s1. The molecule has 2 aromatic rings. The average molecular weight is 332 g/mol. The lowest BCUT2D eigenvalue weighted by Gasteiger charge is -2.43. The molecule has 128 valence electrons. The lowest BCUT2D eigenvalue weighted by atomic mass is 9.64. The Morgan fingerprint density at radius 2 is 1.80 bits per heavy atom. The topological polar surface area (TPSA) is 26.3 Å². The third-order valence-electron chi connectivity index (χ3n) is 6.78. The Bertz CT molecular complexity index is 797. The van der Waals surface area contributed by atoms with Gasteiger partial charge in [-0.25, -0.2) is 0 Å². The maximum atomic E-state index is 12.8. The molecule has 2 aliphatic carbocycles. The maximum Gasteiger partial charge on any atom is 0.310 e. The second-order valence-electron chi connectivity index (χ2n) is 7.98. The van der Waals surface area contributed by atoms with Crippen LogP contribution in [-0.4, -0.2) is 11.6 Å². The summed E-state index contributed by atoms with van der Waals surface area (Å²) in [5.74, 6) is 0.768. The van der Waals surface area contributed by atoms with Gasteiger partial charge in [0.1, 0.15) is 5.60 Å². The van der Waals surface area contributed by atoms with Gasteiger partial charge in [0, 0.05) is 11.8 Å². The van der Waals surface area contributed by atoms with Gasteiger partial charge >= 0.3 is 5.97 Å². The Labute approximate surface area is 149 Å². The number of hydrogen-bond acceptors (Lipinski definition) is 2. The van der Waals surface area contributed by atoms with E-state index >= 15 is 0 Å². The van der Waals surface area contributed by atoms with Gasteiger partial charge in [-0.05, 0) is 48.8 Å². The van der Waals surface area contributed by atoms with Crippen LogP contribution in [0.25, 0.3) is 0 Å². The molecule has 2 aromatic carbocycles. The molecule has 1 saturated carbocycles. The highest BCUT2D eigenvalue weighted by Crippen LogP contribution is 2.57. The lowest BCUT2D eigenvalue weighted by molar-refractivity contribution is -0.155. The largest absolute Gasteiger partial charge is 0.458 e. The lowest BCUT2D eigenvalue weighted by Crippen LogP contribution is -2.45. The van der Waals surface area contributed by atoms with Crippen molar-refractivity contribution >= 4 is 5.97 Å². The fourth-order valence-electron chi connectivity index (χ4n) is 5.71. The summed E-state index contributed by atoms with van der Waals surface area (Å²) >= 11 is 0. The monoisotopic (exact) mass is 332 g/mol. The van der Waals surface area contributed by atoms with Crippen molar-refractivity contribution in [3.63, 3.8) is 0 Å². The fourth-order valence-corrected chi connectivity index (χ4v) is 5.71. The van der Waals surface area contributed by atoms with Gasteiger partial charge < -0.3 is 4.74 Å². The molecular weight excluding hydrogens is 308 g/mol. The third kappa shape index (κ3) is 2.27. The number of carbonyl (C=O) groups excluding carboxylic acids is 1. The smallest absolute Gasteiger partial charge is 0.310 e. The van der Waals surface area contributed by atoms with Crippen molar-refractivity contribution in [1.82, 2.24) is 0 Å². The number of rotatable bonds is 2. The predicted molar refractivity (Wildman–Crippen MR) is 97.3 cm³/mol. The minimum absolute atomic E-state index is 0.0551. The predicted octanol–water partition coefficient (Wildman–Crippen LogP) is 4.67. The van der Waals surface area contributed by atoms with Crippen molar-refractivity contribution in [3.8, 4) is 0 Å². The molecule has 25 heavy (non-hydrogen) atoms. The van der Waals surface area contributed by atoms with E-state index in [0.29, 0.717) is 5.92 Å². The SMILES string of the molecule is O=C1O[C@]23CCCC[C@@H]2[C@H]1Cc1ccccc1[C@H]3Cc1ccccc1. The summed E-state index contributed by atoms with van der Waals surface area (Å²) in [5, 5.41) is 0. The van der Waals surface area contributed by atoms with E-state index in [1.54, 1.807) is 0 Å². The Hall–Kier alpha value is -2.09. The molecule has 2 nitrogen and oxygen atoms in total. The highest BCUT2D eigenvalue weighted by atomic mass is 16.6. The van der Waals surface area contributed by atoms with Crippen LogP contribution in [-0.2, 0) is 22.4 Å². The van der Waals surface area contributed by atoms with Gasteiger partial charge in [0.15, 0.2) is 0 Å². The van der Waals surface area contributed by atoms with Crippen LogP contribution in [0.1, 0.15) is 48.3 Å². The summed E-state index contributed by atoms with van der Waals surface area (Å²) in [5.41, 5.74) is 3.82. The van der Waals surface area contributed by atoms with Gasteiger partial charge in [0.2, 0.25) is 0 Å². The molecule has 2 fully saturated rings.